The summed E-state index contributed by atoms with van der Waals surface area (Å²) in [6.07, 6.45) is 3.32. The lowest BCUT2D eigenvalue weighted by molar-refractivity contribution is -0.137. The molecule has 4 rings (SSSR count). The van der Waals surface area contributed by atoms with E-state index in [1.165, 1.54) is 11.1 Å². The highest BCUT2D eigenvalue weighted by atomic mass is 16.6. The number of ether oxygens (including phenoxy) is 8. The molecule has 0 aliphatic carbocycles. The fourth-order valence-corrected chi connectivity index (χ4v) is 7.65. The van der Waals surface area contributed by atoms with Crippen LogP contribution in [0.25, 0.3) is 0 Å². The van der Waals surface area contributed by atoms with Crippen molar-refractivity contribution < 1.29 is 57.1 Å². The third-order valence-electron chi connectivity index (χ3n) is 11.8. The zero-order valence-corrected chi connectivity index (χ0v) is 45.6. The van der Waals surface area contributed by atoms with Gasteiger partial charge in [0.25, 0.3) is 0 Å². The molecule has 0 amide bonds. The summed E-state index contributed by atoms with van der Waals surface area (Å²) in [7, 11) is 20.8. The van der Waals surface area contributed by atoms with Crippen molar-refractivity contribution in [2.24, 2.45) is 23.7 Å². The number of rotatable bonds is 26. The van der Waals surface area contributed by atoms with E-state index in [1.54, 1.807) is 129 Å². The molecular weight excluding hydrogens is 921 g/mol. The summed E-state index contributed by atoms with van der Waals surface area (Å²) < 4.78 is 43.7. The van der Waals surface area contributed by atoms with Gasteiger partial charge in [-0.2, -0.15) is 0 Å². The van der Waals surface area contributed by atoms with Crippen molar-refractivity contribution in [3.05, 3.63) is 95.1 Å². The second-order valence-electron chi connectivity index (χ2n) is 19.5. The number of nitrogens with zero attached hydrogens (tertiary/aromatic N) is 4. The van der Waals surface area contributed by atoms with Crippen molar-refractivity contribution in [2.45, 2.75) is 53.4 Å². The Hall–Kier alpha value is -6.20. The smallest absolute Gasteiger partial charge is 0.325 e. The average molecular weight is 1000 g/mol. The molecule has 396 valence electrons. The molecule has 0 spiro atoms. The first-order valence-electron chi connectivity index (χ1n) is 24.1. The molecule has 4 atom stereocenters. The lowest BCUT2D eigenvalue weighted by Gasteiger charge is -2.22. The molecule has 16 nitrogen and oxygen atoms in total. The van der Waals surface area contributed by atoms with Gasteiger partial charge in [0.1, 0.15) is 0 Å². The predicted octanol–water partition coefficient (Wildman–Crippen LogP) is 7.39. The Balaban J connectivity index is 0.000000443. The van der Waals surface area contributed by atoms with E-state index >= 15 is 0 Å². The quantitative estimate of drug-likeness (QED) is 0.0453. The maximum Gasteiger partial charge on any atom is 0.325 e. The van der Waals surface area contributed by atoms with Gasteiger partial charge in [0.05, 0.1) is 54.6 Å². The van der Waals surface area contributed by atoms with Gasteiger partial charge < -0.3 is 37.9 Å². The van der Waals surface area contributed by atoms with Crippen LogP contribution in [0.4, 0.5) is 0 Å². The van der Waals surface area contributed by atoms with Gasteiger partial charge in [0.2, 0.25) is 0 Å². The molecule has 72 heavy (non-hydrogen) atoms. The van der Waals surface area contributed by atoms with Gasteiger partial charge in [0.15, 0.2) is 46.0 Å². The second kappa shape index (κ2) is 30.0. The first-order chi connectivity index (χ1) is 34.0. The Morgan fingerprint density at radius 3 is 0.764 bits per heavy atom. The van der Waals surface area contributed by atoms with Gasteiger partial charge in [0, 0.05) is 0 Å². The number of hydrogen-bond donors (Lipinski definition) is 0. The van der Waals surface area contributed by atoms with Gasteiger partial charge in [-0.1, -0.05) is 52.0 Å². The average Bonchev–Trinajstić information content (AvgIpc) is 3.29. The highest BCUT2D eigenvalue weighted by Crippen LogP contribution is 2.35. The van der Waals surface area contributed by atoms with Crippen molar-refractivity contribution in [2.75, 3.05) is 111 Å². The van der Waals surface area contributed by atoms with Gasteiger partial charge in [-0.05, 0) is 177 Å². The minimum atomic E-state index is -0.466. The van der Waals surface area contributed by atoms with Gasteiger partial charge in [-0.15, -0.1) is 0 Å². The summed E-state index contributed by atoms with van der Waals surface area (Å²) in [6.45, 7) is 9.15. The number of methoxy groups -OCH3 is 4. The molecule has 0 radical (unpaired) electrons. The number of carbonyl (C=O) groups is 4. The predicted molar refractivity (Wildman–Crippen MR) is 280 cm³/mol. The molecule has 0 heterocycles. The molecule has 0 saturated carbocycles. The Morgan fingerprint density at radius 1 is 0.333 bits per heavy atom. The maximum absolute atomic E-state index is 12.5. The monoisotopic (exact) mass is 1000 g/mol. The SMILES string of the molecule is COc1ccc(C[C@@H](C)[C@@H](C)Cc2ccc(OC)c(OC)c2)cc1OC.C[C@H](Cc1ccc(OC(=O)CN(C)C)c(OC(=O)CN(C)C)c1)[C@@H](C)Cc1ccc(OC(=O)CN(C)C)c(OC(=O)CN(C)C)c1. The summed E-state index contributed by atoms with van der Waals surface area (Å²) >= 11 is 0. The van der Waals surface area contributed by atoms with Gasteiger partial charge in [-0.3, -0.25) is 38.8 Å². The molecule has 0 N–H and O–H groups in total. The van der Waals surface area contributed by atoms with Crippen molar-refractivity contribution in [3.8, 4) is 46.0 Å². The Bertz CT molecular complexity index is 2210. The van der Waals surface area contributed by atoms with Crippen LogP contribution in [0, 0.1) is 23.7 Å². The normalized spacial score (nSPS) is 12.8. The molecular formula is C56H80N4O12. The maximum atomic E-state index is 12.5. The van der Waals surface area contributed by atoms with Crippen LogP contribution >= 0.6 is 0 Å². The van der Waals surface area contributed by atoms with E-state index in [0.717, 1.165) is 47.0 Å². The van der Waals surface area contributed by atoms with E-state index < -0.39 is 23.9 Å². The summed E-state index contributed by atoms with van der Waals surface area (Å²) in [6, 6.07) is 22.8. The Morgan fingerprint density at radius 2 is 0.542 bits per heavy atom. The van der Waals surface area contributed by atoms with Crippen LogP contribution in [0.1, 0.15) is 49.9 Å². The third kappa shape index (κ3) is 20.9. The standard InChI is InChI=1S/C34H50N4O8.C22H30O4/c1-23(15-25-11-13-27(43-31(39)19-35(3)4)29(17-25)45-33(41)21-37(7)8)24(2)16-26-12-14-28(44-32(40)20-36(5)6)30(18-26)46-34(42)22-38(9)10;1-15(11-17-7-9-19(23-3)21(13-17)25-5)16(2)12-18-8-10-20(24-4)22(14-18)26-6/h11-14,17-18,23-24H,15-16,19-22H2,1-10H3;7-10,13-16H,11-12H2,1-6H3/t23-,24+;15-,16+. The molecule has 0 aliphatic rings. The number of esters is 4. The van der Waals surface area contributed by atoms with E-state index in [2.05, 4.69) is 52.0 Å². The second-order valence-corrected chi connectivity index (χ2v) is 19.5. The summed E-state index contributed by atoms with van der Waals surface area (Å²) in [5, 5.41) is 0. The fraction of sp³-hybridized carbons (Fsp3) is 0.500. The van der Waals surface area contributed by atoms with E-state index in [0.29, 0.717) is 24.7 Å². The zero-order chi connectivity index (χ0) is 53.7. The first kappa shape index (κ1) is 60.1. The molecule has 0 unspecified atom stereocenters. The van der Waals surface area contributed by atoms with Crippen LogP contribution < -0.4 is 37.9 Å². The van der Waals surface area contributed by atoms with Crippen molar-refractivity contribution in [1.29, 1.82) is 0 Å². The number of hydrogen-bond acceptors (Lipinski definition) is 16. The minimum absolute atomic E-state index is 0.0723. The van der Waals surface area contributed by atoms with E-state index in [-0.39, 0.29) is 61.0 Å². The summed E-state index contributed by atoms with van der Waals surface area (Å²) in [5.74, 6) is 3.43. The fourth-order valence-electron chi connectivity index (χ4n) is 7.65. The highest BCUT2D eigenvalue weighted by molar-refractivity contribution is 5.79. The minimum Gasteiger partial charge on any atom is -0.493 e. The van der Waals surface area contributed by atoms with Crippen molar-refractivity contribution >= 4 is 23.9 Å². The lowest BCUT2D eigenvalue weighted by atomic mass is 9.85. The topological polar surface area (TPSA) is 155 Å². The van der Waals surface area contributed by atoms with Gasteiger partial charge >= 0.3 is 23.9 Å². The van der Waals surface area contributed by atoms with E-state index in [4.69, 9.17) is 37.9 Å². The Labute approximate surface area is 428 Å². The molecule has 4 aromatic carbocycles. The number of benzene rings is 4. The van der Waals surface area contributed by atoms with Crippen molar-refractivity contribution in [3.63, 3.8) is 0 Å². The van der Waals surface area contributed by atoms with Crippen LogP contribution in [0.5, 0.6) is 46.0 Å². The Kier molecular flexibility index (Phi) is 25.0. The summed E-state index contributed by atoms with van der Waals surface area (Å²) in [4.78, 5) is 56.4. The molecule has 4 aromatic rings. The lowest BCUT2D eigenvalue weighted by Crippen LogP contribution is -2.27. The van der Waals surface area contributed by atoms with Crippen LogP contribution in [-0.2, 0) is 44.9 Å². The number of likely N-dealkylation sites (N-methyl/N-ethyl adjacent to an activating group) is 4. The molecule has 0 saturated heterocycles. The molecule has 16 heteroatoms. The summed E-state index contributed by atoms with van der Waals surface area (Å²) in [5.41, 5.74) is 4.35. The molecule has 0 aromatic heterocycles. The molecule has 0 bridgehead atoms. The van der Waals surface area contributed by atoms with Crippen LogP contribution in [0.15, 0.2) is 72.8 Å². The largest absolute Gasteiger partial charge is 0.493 e. The van der Waals surface area contributed by atoms with E-state index in [9.17, 15) is 19.2 Å². The zero-order valence-electron chi connectivity index (χ0n) is 45.6. The molecule has 0 fully saturated rings. The van der Waals surface area contributed by atoms with Crippen LogP contribution in [0.3, 0.4) is 0 Å². The highest BCUT2D eigenvalue weighted by Gasteiger charge is 2.22. The van der Waals surface area contributed by atoms with E-state index in [1.807, 2.05) is 24.3 Å². The first-order valence-corrected chi connectivity index (χ1v) is 24.1. The van der Waals surface area contributed by atoms with Crippen LogP contribution in [0.2, 0.25) is 0 Å². The third-order valence-corrected chi connectivity index (χ3v) is 11.8. The van der Waals surface area contributed by atoms with Crippen molar-refractivity contribution in [1.82, 2.24) is 19.6 Å². The van der Waals surface area contributed by atoms with Gasteiger partial charge in [-0.25, -0.2) is 0 Å². The molecule has 0 aliphatic heterocycles. The van der Waals surface area contributed by atoms with Crippen LogP contribution in [-0.4, -0.2) is 154 Å². The number of carbonyl (C=O) groups excluding carboxylic acids is 4.